The molecule has 9 heteroatoms. The van der Waals surface area contributed by atoms with Crippen LogP contribution in [0.25, 0.3) is 0 Å². The third-order valence-electron chi connectivity index (χ3n) is 3.01. The standard InChI is InChI=1S/C15H15F3N4O2/c1-24-6-2-5-19-15(23)11-7-12(21-8-20-11)22-10-4-3-9(16)13(17)14(10)18/h3-4,7-8H,2,5-6H2,1H3,(H,19,23)(H,20,21,22). The number of hydrogen-bond acceptors (Lipinski definition) is 5. The molecule has 0 aliphatic rings. The Morgan fingerprint density at radius 1 is 1.21 bits per heavy atom. The van der Waals surface area contributed by atoms with Gasteiger partial charge in [0.05, 0.1) is 5.69 Å². The van der Waals surface area contributed by atoms with E-state index < -0.39 is 23.4 Å². The highest BCUT2D eigenvalue weighted by Crippen LogP contribution is 2.22. The van der Waals surface area contributed by atoms with Gasteiger partial charge in [0.2, 0.25) is 0 Å². The van der Waals surface area contributed by atoms with E-state index in [1.807, 2.05) is 0 Å². The quantitative estimate of drug-likeness (QED) is 0.598. The van der Waals surface area contributed by atoms with Crippen LogP contribution in [0.5, 0.6) is 0 Å². The van der Waals surface area contributed by atoms with E-state index in [9.17, 15) is 18.0 Å². The average molecular weight is 340 g/mol. The monoisotopic (exact) mass is 340 g/mol. The summed E-state index contributed by atoms with van der Waals surface area (Å²) in [6.07, 6.45) is 1.74. The number of nitrogens with one attached hydrogen (secondary N) is 2. The molecular weight excluding hydrogens is 325 g/mol. The summed E-state index contributed by atoms with van der Waals surface area (Å²) in [7, 11) is 1.56. The normalized spacial score (nSPS) is 10.5. The second-order valence-electron chi connectivity index (χ2n) is 4.74. The number of hydrogen-bond donors (Lipinski definition) is 2. The number of ether oxygens (including phenoxy) is 1. The molecule has 6 nitrogen and oxygen atoms in total. The third kappa shape index (κ3) is 4.42. The van der Waals surface area contributed by atoms with E-state index in [2.05, 4.69) is 20.6 Å². The van der Waals surface area contributed by atoms with Crippen molar-refractivity contribution >= 4 is 17.4 Å². The Hall–Kier alpha value is -2.68. The summed E-state index contributed by atoms with van der Waals surface area (Å²) < 4.78 is 44.6. The Kier molecular flexibility index (Phi) is 6.07. The summed E-state index contributed by atoms with van der Waals surface area (Å²) in [5.74, 6) is -4.64. The van der Waals surface area contributed by atoms with E-state index in [0.717, 1.165) is 18.5 Å². The van der Waals surface area contributed by atoms with Crippen molar-refractivity contribution in [1.82, 2.24) is 15.3 Å². The molecule has 128 valence electrons. The van der Waals surface area contributed by atoms with Crippen LogP contribution in [0.1, 0.15) is 16.9 Å². The first-order valence-corrected chi connectivity index (χ1v) is 7.02. The predicted octanol–water partition coefficient (Wildman–Crippen LogP) is 2.40. The summed E-state index contributed by atoms with van der Waals surface area (Å²) >= 11 is 0. The Bertz CT molecular complexity index is 728. The van der Waals surface area contributed by atoms with E-state index in [0.29, 0.717) is 19.6 Å². The maximum absolute atomic E-state index is 13.6. The lowest BCUT2D eigenvalue weighted by Gasteiger charge is -2.09. The zero-order valence-corrected chi connectivity index (χ0v) is 12.8. The van der Waals surface area contributed by atoms with Gasteiger partial charge < -0.3 is 15.4 Å². The van der Waals surface area contributed by atoms with Crippen molar-refractivity contribution in [3.05, 3.63) is 47.7 Å². The minimum atomic E-state index is -1.59. The first-order chi connectivity index (χ1) is 11.5. The van der Waals surface area contributed by atoms with Gasteiger partial charge in [0, 0.05) is 26.3 Å². The average Bonchev–Trinajstić information content (AvgIpc) is 2.59. The molecule has 0 fully saturated rings. The van der Waals surface area contributed by atoms with E-state index in [1.165, 1.54) is 6.07 Å². The fraction of sp³-hybridized carbons (Fsp3) is 0.267. The Labute approximate surface area is 136 Å². The van der Waals surface area contributed by atoms with Gasteiger partial charge in [-0.1, -0.05) is 0 Å². The van der Waals surface area contributed by atoms with Crippen molar-refractivity contribution in [2.75, 3.05) is 25.6 Å². The van der Waals surface area contributed by atoms with Crippen molar-refractivity contribution in [2.24, 2.45) is 0 Å². The van der Waals surface area contributed by atoms with Crippen LogP contribution in [-0.4, -0.2) is 36.1 Å². The van der Waals surface area contributed by atoms with Crippen LogP contribution in [0, 0.1) is 17.5 Å². The summed E-state index contributed by atoms with van der Waals surface area (Å²) in [5.41, 5.74) is -0.257. The maximum atomic E-state index is 13.6. The number of rotatable bonds is 7. The van der Waals surface area contributed by atoms with Crippen LogP contribution < -0.4 is 10.6 Å². The second kappa shape index (κ2) is 8.25. The molecule has 1 aromatic carbocycles. The third-order valence-corrected chi connectivity index (χ3v) is 3.01. The molecule has 0 saturated carbocycles. The highest BCUT2D eigenvalue weighted by atomic mass is 19.2. The van der Waals surface area contributed by atoms with Gasteiger partial charge in [-0.2, -0.15) is 0 Å². The lowest BCUT2D eigenvalue weighted by molar-refractivity contribution is 0.0943. The molecule has 0 radical (unpaired) electrons. The summed E-state index contributed by atoms with van der Waals surface area (Å²) in [6.45, 7) is 0.906. The summed E-state index contributed by atoms with van der Waals surface area (Å²) in [6, 6.07) is 3.08. The molecule has 0 saturated heterocycles. The van der Waals surface area contributed by atoms with Crippen LogP contribution in [0.4, 0.5) is 24.7 Å². The first-order valence-electron chi connectivity index (χ1n) is 7.02. The van der Waals surface area contributed by atoms with Gasteiger partial charge in [0.1, 0.15) is 17.8 Å². The number of aromatic nitrogens is 2. The fourth-order valence-electron chi connectivity index (χ4n) is 1.82. The number of methoxy groups -OCH3 is 1. The molecule has 1 aromatic heterocycles. The van der Waals surface area contributed by atoms with Gasteiger partial charge in [0.15, 0.2) is 17.5 Å². The topological polar surface area (TPSA) is 76.1 Å². The molecule has 0 aliphatic carbocycles. The molecule has 0 aliphatic heterocycles. The van der Waals surface area contributed by atoms with Crippen LogP contribution in [0.3, 0.4) is 0 Å². The Morgan fingerprint density at radius 2 is 2.00 bits per heavy atom. The Morgan fingerprint density at radius 3 is 2.75 bits per heavy atom. The van der Waals surface area contributed by atoms with Gasteiger partial charge >= 0.3 is 0 Å². The molecule has 1 amide bonds. The number of anilines is 2. The largest absolute Gasteiger partial charge is 0.385 e. The highest BCUT2D eigenvalue weighted by Gasteiger charge is 2.14. The molecule has 0 bridgehead atoms. The zero-order chi connectivity index (χ0) is 17.5. The molecule has 2 N–H and O–H groups in total. The molecule has 24 heavy (non-hydrogen) atoms. The minimum absolute atomic E-state index is 0.0490. The van der Waals surface area contributed by atoms with Gasteiger partial charge in [-0.05, 0) is 18.6 Å². The maximum Gasteiger partial charge on any atom is 0.270 e. The number of benzene rings is 1. The lowest BCUT2D eigenvalue weighted by Crippen LogP contribution is -2.26. The van der Waals surface area contributed by atoms with Crippen molar-refractivity contribution in [2.45, 2.75) is 6.42 Å². The SMILES string of the molecule is COCCCNC(=O)c1cc(Nc2ccc(F)c(F)c2F)ncn1. The number of nitrogens with zero attached hydrogens (tertiary/aromatic N) is 2. The van der Waals surface area contributed by atoms with E-state index in [4.69, 9.17) is 4.74 Å². The van der Waals surface area contributed by atoms with E-state index in [-0.39, 0.29) is 17.2 Å². The van der Waals surface area contributed by atoms with Crippen LogP contribution >= 0.6 is 0 Å². The molecular formula is C15H15F3N4O2. The summed E-state index contributed by atoms with van der Waals surface area (Å²) in [4.78, 5) is 19.6. The van der Waals surface area contributed by atoms with Crippen molar-refractivity contribution in [1.29, 1.82) is 0 Å². The lowest BCUT2D eigenvalue weighted by atomic mass is 10.2. The van der Waals surface area contributed by atoms with Gasteiger partial charge in [-0.25, -0.2) is 23.1 Å². The molecule has 2 rings (SSSR count). The molecule has 0 atom stereocenters. The number of carbonyl (C=O) groups is 1. The van der Waals surface area contributed by atoms with Gasteiger partial charge in [-0.3, -0.25) is 4.79 Å². The molecule has 0 spiro atoms. The predicted molar refractivity (Wildman–Crippen MR) is 80.5 cm³/mol. The fourth-order valence-corrected chi connectivity index (χ4v) is 1.82. The first kappa shape index (κ1) is 17.7. The van der Waals surface area contributed by atoms with E-state index >= 15 is 0 Å². The number of halogens is 3. The van der Waals surface area contributed by atoms with Crippen molar-refractivity contribution in [3.63, 3.8) is 0 Å². The smallest absolute Gasteiger partial charge is 0.270 e. The minimum Gasteiger partial charge on any atom is -0.385 e. The van der Waals surface area contributed by atoms with Crippen molar-refractivity contribution in [3.8, 4) is 0 Å². The van der Waals surface area contributed by atoms with E-state index in [1.54, 1.807) is 7.11 Å². The number of amides is 1. The van der Waals surface area contributed by atoms with Crippen molar-refractivity contribution < 1.29 is 22.7 Å². The molecule has 0 unspecified atom stereocenters. The summed E-state index contributed by atoms with van der Waals surface area (Å²) in [5, 5.41) is 5.11. The zero-order valence-electron chi connectivity index (χ0n) is 12.8. The Balaban J connectivity index is 2.08. The van der Waals surface area contributed by atoms with Crippen LogP contribution in [0.15, 0.2) is 24.5 Å². The second-order valence-corrected chi connectivity index (χ2v) is 4.74. The molecule has 1 heterocycles. The van der Waals surface area contributed by atoms with Crippen LogP contribution in [0.2, 0.25) is 0 Å². The van der Waals surface area contributed by atoms with Gasteiger partial charge in [-0.15, -0.1) is 0 Å². The number of carbonyl (C=O) groups excluding carboxylic acids is 1. The van der Waals surface area contributed by atoms with Crippen LogP contribution in [-0.2, 0) is 4.74 Å². The highest BCUT2D eigenvalue weighted by molar-refractivity contribution is 5.92. The van der Waals surface area contributed by atoms with Gasteiger partial charge in [0.25, 0.3) is 5.91 Å². The molecule has 2 aromatic rings.